The molecule has 11 nitrogen and oxygen atoms in total. The summed E-state index contributed by atoms with van der Waals surface area (Å²) in [6, 6.07) is 8.00. The van der Waals surface area contributed by atoms with E-state index in [2.05, 4.69) is 32.4 Å². The first-order valence-electron chi connectivity index (χ1n) is 11.8. The molecule has 3 N–H and O–H groups in total. The van der Waals surface area contributed by atoms with Crippen molar-refractivity contribution >= 4 is 34.6 Å². The molecule has 1 aromatic carbocycles. The fraction of sp³-hybridized carbons (Fsp3) is 0.308. The van der Waals surface area contributed by atoms with Gasteiger partial charge in [-0.1, -0.05) is 12.6 Å². The number of carbonyl (C=O) groups is 3. The first kappa shape index (κ1) is 24.3. The minimum absolute atomic E-state index is 0.119. The van der Waals surface area contributed by atoms with E-state index in [1.165, 1.54) is 12.0 Å². The number of rotatable bonds is 9. The third kappa shape index (κ3) is 4.38. The van der Waals surface area contributed by atoms with Crippen molar-refractivity contribution in [1.29, 1.82) is 0 Å². The van der Waals surface area contributed by atoms with Crippen LogP contribution in [0.5, 0.6) is 5.75 Å². The Bertz CT molecular complexity index is 1430. The predicted molar refractivity (Wildman–Crippen MR) is 136 cm³/mol. The van der Waals surface area contributed by atoms with Gasteiger partial charge >= 0.3 is 6.03 Å². The molecule has 192 valence electrons. The molecule has 0 spiro atoms. The van der Waals surface area contributed by atoms with Crippen molar-refractivity contribution < 1.29 is 23.5 Å². The maximum Gasteiger partial charge on any atom is 0.322 e. The topological polar surface area (TPSA) is 129 Å². The lowest BCUT2D eigenvalue weighted by Gasteiger charge is -2.28. The number of ether oxygens (including phenoxy) is 1. The molecule has 37 heavy (non-hydrogen) atoms. The molecule has 2 aromatic heterocycles. The number of urea groups is 1. The van der Waals surface area contributed by atoms with E-state index in [0.29, 0.717) is 34.7 Å². The molecule has 2 aliphatic heterocycles. The summed E-state index contributed by atoms with van der Waals surface area (Å²) in [7, 11) is 5.51. The number of furan rings is 1. The van der Waals surface area contributed by atoms with Crippen molar-refractivity contribution in [2.24, 2.45) is 0 Å². The van der Waals surface area contributed by atoms with Crippen LogP contribution in [0.25, 0.3) is 16.8 Å². The van der Waals surface area contributed by atoms with Gasteiger partial charge in [-0.25, -0.2) is 4.79 Å². The van der Waals surface area contributed by atoms with Gasteiger partial charge in [0, 0.05) is 48.7 Å². The number of amides is 4. The molecule has 4 heterocycles. The number of nitrogens with zero attached hydrogens (tertiary/aromatic N) is 3. The average molecular weight is 505 g/mol. The highest BCUT2D eigenvalue weighted by molar-refractivity contribution is 6.08. The molecular formula is C26H28N6O5. The Morgan fingerprint density at radius 2 is 2.08 bits per heavy atom. The van der Waals surface area contributed by atoms with Crippen LogP contribution >= 0.6 is 0 Å². The van der Waals surface area contributed by atoms with Crippen LogP contribution < -0.4 is 20.7 Å². The molecule has 0 bridgehead atoms. The van der Waals surface area contributed by atoms with Gasteiger partial charge in [-0.05, 0) is 37.9 Å². The number of hydrogen-bond donors (Lipinski definition) is 3. The number of benzene rings is 1. The van der Waals surface area contributed by atoms with Crippen LogP contribution in [0.2, 0.25) is 0 Å². The molecular weight excluding hydrogens is 476 g/mol. The Hall–Kier alpha value is -4.38. The zero-order chi connectivity index (χ0) is 26.3. The van der Waals surface area contributed by atoms with Gasteiger partial charge in [0.2, 0.25) is 0 Å². The second-order valence-electron chi connectivity index (χ2n) is 9.42. The molecule has 3 aromatic rings. The lowest BCUT2D eigenvalue weighted by molar-refractivity contribution is -0.125. The summed E-state index contributed by atoms with van der Waals surface area (Å²) in [6.45, 7) is 5.78. The van der Waals surface area contributed by atoms with E-state index in [0.717, 1.165) is 17.7 Å². The Kier molecular flexibility index (Phi) is 6.08. The van der Waals surface area contributed by atoms with Crippen molar-refractivity contribution in [2.45, 2.75) is 12.1 Å². The number of aromatic nitrogens is 1. The molecule has 0 unspecified atom stereocenters. The van der Waals surface area contributed by atoms with Crippen LogP contribution in [0.3, 0.4) is 0 Å². The zero-order valence-electron chi connectivity index (χ0n) is 20.9. The highest BCUT2D eigenvalue weighted by Gasteiger charge is 2.53. The third-order valence-corrected chi connectivity index (χ3v) is 6.60. The number of pyridine rings is 1. The zero-order valence-corrected chi connectivity index (χ0v) is 20.9. The molecule has 1 fully saturated rings. The fourth-order valence-electron chi connectivity index (χ4n) is 4.56. The van der Waals surface area contributed by atoms with E-state index in [4.69, 9.17) is 9.15 Å². The maximum absolute atomic E-state index is 13.2. The first-order valence-corrected chi connectivity index (χ1v) is 11.8. The van der Waals surface area contributed by atoms with Gasteiger partial charge in [-0.15, -0.1) is 0 Å². The van der Waals surface area contributed by atoms with Crippen molar-refractivity contribution in [3.05, 3.63) is 65.6 Å². The van der Waals surface area contributed by atoms with Crippen LogP contribution in [-0.2, 0) is 16.9 Å². The summed E-state index contributed by atoms with van der Waals surface area (Å²) in [4.78, 5) is 46.6. The second kappa shape index (κ2) is 9.25. The molecule has 2 aliphatic rings. The Balaban J connectivity index is 1.44. The molecule has 5 rings (SSSR count). The van der Waals surface area contributed by atoms with E-state index < -0.39 is 17.5 Å². The number of imide groups is 1. The number of nitrogens with one attached hydrogen (secondary N) is 3. The smallest absolute Gasteiger partial charge is 0.322 e. The van der Waals surface area contributed by atoms with Gasteiger partial charge in [0.1, 0.15) is 17.0 Å². The van der Waals surface area contributed by atoms with Crippen LogP contribution in [0.15, 0.2) is 47.5 Å². The summed E-state index contributed by atoms with van der Waals surface area (Å²) in [6.07, 6.45) is 1.67. The summed E-state index contributed by atoms with van der Waals surface area (Å²) in [5, 5.41) is 8.23. The van der Waals surface area contributed by atoms with E-state index >= 15 is 0 Å². The van der Waals surface area contributed by atoms with Crippen LogP contribution in [0, 0.1) is 0 Å². The number of methoxy groups -OCH3 is 1. The van der Waals surface area contributed by atoms with Crippen LogP contribution in [-0.4, -0.2) is 73.5 Å². The normalized spacial score (nSPS) is 18.8. The number of fused-ring (bicyclic) bond motifs is 2. The van der Waals surface area contributed by atoms with Gasteiger partial charge in [0.25, 0.3) is 11.8 Å². The van der Waals surface area contributed by atoms with Gasteiger partial charge < -0.3 is 29.6 Å². The molecule has 0 aliphatic carbocycles. The standard InChI is InChI=1S/C26H28N6O5/c1-15(27-7-8-31(2)3)17-9-21-20(28-12-17)11-22(37-21)26(24(34)29-25(35)30-26)14-32-13-16-5-6-18(36-4)10-19(16)23(32)33/h5-6,9-12,27H,1,7-8,13-14H2,2-4H3,(H2,29,30,34,35)/t26-/m0/s1. The SMILES string of the molecule is C=C(NCCN(C)C)c1cnc2cc([C@]3(CN4Cc5ccc(OC)cc5C4=O)NC(=O)NC3=O)oc2c1. The summed E-state index contributed by atoms with van der Waals surface area (Å²) >= 11 is 0. The molecule has 11 heteroatoms. The van der Waals surface area contributed by atoms with Gasteiger partial charge in [0.05, 0.1) is 13.7 Å². The molecule has 0 radical (unpaired) electrons. The molecule has 1 atom stereocenters. The molecule has 1 saturated heterocycles. The summed E-state index contributed by atoms with van der Waals surface area (Å²) in [5.41, 5.74) is 2.05. The van der Waals surface area contributed by atoms with E-state index in [1.54, 1.807) is 30.5 Å². The summed E-state index contributed by atoms with van der Waals surface area (Å²) in [5.74, 6) is -0.123. The second-order valence-corrected chi connectivity index (χ2v) is 9.42. The van der Waals surface area contributed by atoms with Crippen LogP contribution in [0.4, 0.5) is 4.79 Å². The maximum atomic E-state index is 13.2. The van der Waals surface area contributed by atoms with Gasteiger partial charge in [-0.3, -0.25) is 19.9 Å². The number of carbonyl (C=O) groups excluding carboxylic acids is 3. The summed E-state index contributed by atoms with van der Waals surface area (Å²) < 4.78 is 11.3. The van der Waals surface area contributed by atoms with Crippen molar-refractivity contribution in [3.63, 3.8) is 0 Å². The lowest BCUT2D eigenvalue weighted by atomic mass is 9.95. The predicted octanol–water partition coefficient (Wildman–Crippen LogP) is 1.65. The van der Waals surface area contributed by atoms with Gasteiger partial charge in [0.15, 0.2) is 11.1 Å². The average Bonchev–Trinajstić information content (AvgIpc) is 3.52. The highest BCUT2D eigenvalue weighted by atomic mass is 16.5. The minimum atomic E-state index is -1.61. The Morgan fingerprint density at radius 3 is 2.78 bits per heavy atom. The quantitative estimate of drug-likeness (QED) is 0.375. The third-order valence-electron chi connectivity index (χ3n) is 6.60. The Morgan fingerprint density at radius 1 is 1.27 bits per heavy atom. The van der Waals surface area contributed by atoms with E-state index in [1.807, 2.05) is 20.2 Å². The van der Waals surface area contributed by atoms with E-state index in [9.17, 15) is 14.4 Å². The van der Waals surface area contributed by atoms with Gasteiger partial charge in [-0.2, -0.15) is 0 Å². The molecule has 4 amide bonds. The lowest BCUT2D eigenvalue weighted by Crippen LogP contribution is -2.52. The largest absolute Gasteiger partial charge is 0.497 e. The number of likely N-dealkylation sites (N-methyl/N-ethyl adjacent to an activating group) is 1. The Labute approximate surface area is 213 Å². The monoisotopic (exact) mass is 504 g/mol. The van der Waals surface area contributed by atoms with Crippen molar-refractivity contribution in [1.82, 2.24) is 30.7 Å². The fourth-order valence-corrected chi connectivity index (χ4v) is 4.56. The van der Waals surface area contributed by atoms with Crippen molar-refractivity contribution in [2.75, 3.05) is 40.8 Å². The molecule has 0 saturated carbocycles. The minimum Gasteiger partial charge on any atom is -0.497 e. The first-order chi connectivity index (χ1) is 17.7. The van der Waals surface area contributed by atoms with E-state index in [-0.39, 0.29) is 24.8 Å². The van der Waals surface area contributed by atoms with Crippen molar-refractivity contribution in [3.8, 4) is 5.75 Å². The highest BCUT2D eigenvalue weighted by Crippen LogP contribution is 2.35. The van der Waals surface area contributed by atoms with Crippen LogP contribution in [0.1, 0.15) is 27.2 Å². The number of hydrogen-bond acceptors (Lipinski definition) is 8.